The Morgan fingerprint density at radius 1 is 1.23 bits per heavy atom. The van der Waals surface area contributed by atoms with Crippen molar-refractivity contribution in [3.05, 3.63) is 67.1 Å². The maximum absolute atomic E-state index is 11.9. The van der Waals surface area contributed by atoms with Crippen molar-refractivity contribution in [2.24, 2.45) is 5.10 Å². The molecule has 2 aromatic rings. The number of non-ortho nitro benzene ring substituents is 1. The quantitative estimate of drug-likeness (QED) is 0.427. The number of hydrazone groups is 1. The molecular formula is C16H12Cl3N3O4. The number of carbonyl (C=O) groups excluding carboxylic acids is 1. The van der Waals surface area contributed by atoms with Gasteiger partial charge in [0, 0.05) is 22.7 Å². The number of hydrogen-bond acceptors (Lipinski definition) is 5. The van der Waals surface area contributed by atoms with E-state index in [4.69, 9.17) is 39.5 Å². The molecule has 0 aliphatic carbocycles. The summed E-state index contributed by atoms with van der Waals surface area (Å²) in [5, 5.41) is 15.4. The van der Waals surface area contributed by atoms with E-state index in [9.17, 15) is 14.9 Å². The number of nitro groups is 1. The predicted octanol–water partition coefficient (Wildman–Crippen LogP) is 4.47. The monoisotopic (exact) mass is 415 g/mol. The lowest BCUT2D eigenvalue weighted by atomic mass is 10.1. The van der Waals surface area contributed by atoms with Gasteiger partial charge in [0.05, 0.1) is 20.7 Å². The van der Waals surface area contributed by atoms with E-state index in [1.54, 1.807) is 13.0 Å². The van der Waals surface area contributed by atoms with Gasteiger partial charge < -0.3 is 4.74 Å². The van der Waals surface area contributed by atoms with Gasteiger partial charge in [0.1, 0.15) is 0 Å². The molecule has 0 fully saturated rings. The van der Waals surface area contributed by atoms with E-state index in [-0.39, 0.29) is 28.1 Å². The molecule has 0 heterocycles. The summed E-state index contributed by atoms with van der Waals surface area (Å²) in [6.45, 7) is 1.22. The molecule has 10 heteroatoms. The Morgan fingerprint density at radius 2 is 1.88 bits per heavy atom. The average molecular weight is 417 g/mol. The van der Waals surface area contributed by atoms with Crippen molar-refractivity contribution < 1.29 is 14.5 Å². The molecule has 0 unspecified atom stereocenters. The Morgan fingerprint density at radius 3 is 2.50 bits per heavy atom. The fourth-order valence-electron chi connectivity index (χ4n) is 1.89. The van der Waals surface area contributed by atoms with Crippen LogP contribution in [0.15, 0.2) is 41.5 Å². The van der Waals surface area contributed by atoms with E-state index in [2.05, 4.69) is 10.5 Å². The first kappa shape index (κ1) is 20.0. The summed E-state index contributed by atoms with van der Waals surface area (Å²) >= 11 is 17.7. The predicted molar refractivity (Wildman–Crippen MR) is 100 cm³/mol. The number of hydrogen-bond donors (Lipinski definition) is 1. The zero-order valence-corrected chi connectivity index (χ0v) is 15.6. The topological polar surface area (TPSA) is 93.8 Å². The summed E-state index contributed by atoms with van der Waals surface area (Å²) in [5.41, 5.74) is 3.12. The van der Waals surface area contributed by atoms with Crippen LogP contribution in [-0.4, -0.2) is 23.1 Å². The van der Waals surface area contributed by atoms with E-state index < -0.39 is 10.8 Å². The van der Waals surface area contributed by atoms with Crippen molar-refractivity contribution in [3.63, 3.8) is 0 Å². The Balaban J connectivity index is 1.99. The number of nitrogens with zero attached hydrogens (tertiary/aromatic N) is 2. The molecule has 2 aromatic carbocycles. The van der Waals surface area contributed by atoms with E-state index in [0.29, 0.717) is 16.3 Å². The van der Waals surface area contributed by atoms with Crippen molar-refractivity contribution in [2.75, 3.05) is 6.61 Å². The number of benzene rings is 2. The molecule has 0 saturated heterocycles. The maximum Gasteiger partial charge on any atom is 0.277 e. The third kappa shape index (κ3) is 5.32. The largest absolute Gasteiger partial charge is 0.481 e. The van der Waals surface area contributed by atoms with Crippen LogP contribution >= 0.6 is 34.8 Å². The lowest BCUT2D eigenvalue weighted by Gasteiger charge is -2.09. The second kappa shape index (κ2) is 8.84. The molecule has 136 valence electrons. The molecule has 7 nitrogen and oxygen atoms in total. The molecule has 0 aromatic heterocycles. The third-order valence-electron chi connectivity index (χ3n) is 3.13. The SMILES string of the molecule is CC(=NNC(=O)COc1c(Cl)cc(Cl)cc1Cl)c1cccc([N+](=O)[O-])c1. The Labute approximate surface area is 163 Å². The first-order chi connectivity index (χ1) is 12.3. The molecule has 2 rings (SSSR count). The van der Waals surface area contributed by atoms with Gasteiger partial charge in [0.15, 0.2) is 12.4 Å². The fourth-order valence-corrected chi connectivity index (χ4v) is 2.82. The second-order valence-electron chi connectivity index (χ2n) is 5.03. The number of halogens is 3. The van der Waals surface area contributed by atoms with Gasteiger partial charge in [-0.25, -0.2) is 5.43 Å². The summed E-state index contributed by atoms with van der Waals surface area (Å²) < 4.78 is 5.28. The summed E-state index contributed by atoms with van der Waals surface area (Å²) in [6.07, 6.45) is 0. The van der Waals surface area contributed by atoms with Crippen molar-refractivity contribution >= 4 is 52.1 Å². The molecule has 0 bridgehead atoms. The van der Waals surface area contributed by atoms with E-state index in [1.165, 1.54) is 30.3 Å². The zero-order chi connectivity index (χ0) is 19.3. The molecule has 0 aliphatic rings. The van der Waals surface area contributed by atoms with E-state index >= 15 is 0 Å². The Kier molecular flexibility index (Phi) is 6.79. The van der Waals surface area contributed by atoms with Crippen molar-refractivity contribution in [1.29, 1.82) is 0 Å². The first-order valence-electron chi connectivity index (χ1n) is 7.13. The van der Waals surface area contributed by atoms with Crippen LogP contribution in [0, 0.1) is 10.1 Å². The molecule has 0 atom stereocenters. The number of carbonyl (C=O) groups is 1. The minimum Gasteiger partial charge on any atom is -0.481 e. The Hall–Kier alpha value is -2.35. The normalized spacial score (nSPS) is 11.2. The molecule has 26 heavy (non-hydrogen) atoms. The smallest absolute Gasteiger partial charge is 0.277 e. The van der Waals surface area contributed by atoms with Gasteiger partial charge >= 0.3 is 0 Å². The minimum atomic E-state index is -0.558. The van der Waals surface area contributed by atoms with Crippen LogP contribution in [0.1, 0.15) is 12.5 Å². The van der Waals surface area contributed by atoms with Crippen LogP contribution in [0.5, 0.6) is 5.75 Å². The fraction of sp³-hybridized carbons (Fsp3) is 0.125. The van der Waals surface area contributed by atoms with Crippen LogP contribution < -0.4 is 10.2 Å². The van der Waals surface area contributed by atoms with Gasteiger partial charge in [-0.2, -0.15) is 5.10 Å². The Bertz CT molecular complexity index is 864. The summed E-state index contributed by atoms with van der Waals surface area (Å²) in [4.78, 5) is 22.1. The highest BCUT2D eigenvalue weighted by Crippen LogP contribution is 2.35. The minimum absolute atomic E-state index is 0.0706. The lowest BCUT2D eigenvalue weighted by molar-refractivity contribution is -0.384. The third-order valence-corrected chi connectivity index (χ3v) is 3.91. The van der Waals surface area contributed by atoms with Gasteiger partial charge in [-0.15, -0.1) is 0 Å². The highest BCUT2D eigenvalue weighted by atomic mass is 35.5. The molecule has 0 spiro atoms. The highest BCUT2D eigenvalue weighted by molar-refractivity contribution is 6.40. The standard InChI is InChI=1S/C16H12Cl3N3O4/c1-9(10-3-2-4-12(5-10)22(24)25)20-21-15(23)8-26-16-13(18)6-11(17)7-14(16)19/h2-7H,8H2,1H3,(H,21,23). The first-order valence-corrected chi connectivity index (χ1v) is 8.26. The number of nitro benzene ring substituents is 1. The van der Waals surface area contributed by atoms with Gasteiger partial charge in [0.2, 0.25) is 0 Å². The molecule has 1 N–H and O–H groups in total. The maximum atomic E-state index is 11.9. The summed E-state index contributed by atoms with van der Waals surface area (Å²) in [5.74, 6) is -0.427. The molecule has 0 radical (unpaired) electrons. The van der Waals surface area contributed by atoms with Crippen LogP contribution in [0.25, 0.3) is 0 Å². The average Bonchev–Trinajstić information content (AvgIpc) is 2.58. The second-order valence-corrected chi connectivity index (χ2v) is 6.28. The van der Waals surface area contributed by atoms with E-state index in [1.807, 2.05) is 0 Å². The summed E-state index contributed by atoms with van der Waals surface area (Å²) in [6, 6.07) is 8.76. The molecule has 0 saturated carbocycles. The van der Waals surface area contributed by atoms with Gasteiger partial charge in [-0.1, -0.05) is 46.9 Å². The molecule has 0 aliphatic heterocycles. The van der Waals surface area contributed by atoms with E-state index in [0.717, 1.165) is 0 Å². The number of nitrogens with one attached hydrogen (secondary N) is 1. The van der Waals surface area contributed by atoms with Crippen LogP contribution in [0.3, 0.4) is 0 Å². The molecular weight excluding hydrogens is 405 g/mol. The number of ether oxygens (including phenoxy) is 1. The molecule has 1 amide bonds. The highest BCUT2D eigenvalue weighted by Gasteiger charge is 2.12. The van der Waals surface area contributed by atoms with Gasteiger partial charge in [-0.05, 0) is 19.1 Å². The number of amides is 1. The summed E-state index contributed by atoms with van der Waals surface area (Å²) in [7, 11) is 0. The zero-order valence-electron chi connectivity index (χ0n) is 13.3. The van der Waals surface area contributed by atoms with Crippen LogP contribution in [-0.2, 0) is 4.79 Å². The van der Waals surface area contributed by atoms with Gasteiger partial charge in [0.25, 0.3) is 11.6 Å². The number of rotatable bonds is 6. The van der Waals surface area contributed by atoms with Crippen LogP contribution in [0.2, 0.25) is 15.1 Å². The van der Waals surface area contributed by atoms with Gasteiger partial charge in [-0.3, -0.25) is 14.9 Å². The van der Waals surface area contributed by atoms with Crippen molar-refractivity contribution in [1.82, 2.24) is 5.43 Å². The van der Waals surface area contributed by atoms with Crippen LogP contribution in [0.4, 0.5) is 5.69 Å². The lowest BCUT2D eigenvalue weighted by Crippen LogP contribution is -2.25. The van der Waals surface area contributed by atoms with Crippen molar-refractivity contribution in [3.8, 4) is 5.75 Å². The van der Waals surface area contributed by atoms with Crippen molar-refractivity contribution in [2.45, 2.75) is 6.92 Å².